The summed E-state index contributed by atoms with van der Waals surface area (Å²) in [6.07, 6.45) is 8.44. The van der Waals surface area contributed by atoms with Crippen LogP contribution in [0.4, 0.5) is 0 Å². The van der Waals surface area contributed by atoms with E-state index in [-0.39, 0.29) is 5.91 Å². The van der Waals surface area contributed by atoms with Crippen molar-refractivity contribution in [3.63, 3.8) is 0 Å². The van der Waals surface area contributed by atoms with Crippen LogP contribution in [0.5, 0.6) is 0 Å². The second-order valence-corrected chi connectivity index (χ2v) is 5.88. The molecule has 0 radical (unpaired) electrons. The molecule has 1 saturated carbocycles. The molecule has 2 rings (SSSR count). The standard InChI is InChI=1S/C15H22BrNO2/c1-2-14-13(8-11-19-14)15(18)17(10-9-16)12-6-4-3-5-7-12/h8,11-12H,2-7,9-10H2,1H3. The van der Waals surface area contributed by atoms with Crippen LogP contribution < -0.4 is 0 Å². The highest BCUT2D eigenvalue weighted by atomic mass is 79.9. The van der Waals surface area contributed by atoms with Crippen LogP contribution in [0.1, 0.15) is 55.1 Å². The Morgan fingerprint density at radius 1 is 1.42 bits per heavy atom. The number of rotatable bonds is 5. The first-order valence-electron chi connectivity index (χ1n) is 7.21. The third kappa shape index (κ3) is 3.41. The minimum absolute atomic E-state index is 0.136. The highest BCUT2D eigenvalue weighted by Crippen LogP contribution is 2.25. The van der Waals surface area contributed by atoms with E-state index in [1.165, 1.54) is 19.3 Å². The van der Waals surface area contributed by atoms with E-state index in [1.54, 1.807) is 6.26 Å². The van der Waals surface area contributed by atoms with E-state index >= 15 is 0 Å². The first kappa shape index (κ1) is 14.6. The lowest BCUT2D eigenvalue weighted by Crippen LogP contribution is -2.42. The average molecular weight is 328 g/mol. The van der Waals surface area contributed by atoms with E-state index in [1.807, 2.05) is 17.9 Å². The zero-order valence-electron chi connectivity index (χ0n) is 11.5. The highest BCUT2D eigenvalue weighted by molar-refractivity contribution is 9.09. The zero-order chi connectivity index (χ0) is 13.7. The zero-order valence-corrected chi connectivity index (χ0v) is 13.1. The lowest BCUT2D eigenvalue weighted by molar-refractivity contribution is 0.0649. The van der Waals surface area contributed by atoms with E-state index in [0.29, 0.717) is 6.04 Å². The Bertz CT molecular complexity index is 410. The molecule has 1 aromatic heterocycles. The average Bonchev–Trinajstić information content (AvgIpc) is 2.93. The molecule has 1 heterocycles. The fourth-order valence-corrected chi connectivity index (χ4v) is 3.28. The predicted octanol–water partition coefficient (Wildman–Crippen LogP) is 4.01. The molecule has 3 nitrogen and oxygen atoms in total. The van der Waals surface area contributed by atoms with Gasteiger partial charge in [-0.05, 0) is 18.9 Å². The summed E-state index contributed by atoms with van der Waals surface area (Å²) >= 11 is 3.47. The topological polar surface area (TPSA) is 33.5 Å². The normalized spacial score (nSPS) is 16.5. The molecule has 1 aliphatic rings. The molecule has 0 aromatic carbocycles. The molecule has 19 heavy (non-hydrogen) atoms. The molecule has 1 amide bonds. The van der Waals surface area contributed by atoms with Crippen LogP contribution in [-0.2, 0) is 6.42 Å². The number of carbonyl (C=O) groups excluding carboxylic acids is 1. The van der Waals surface area contributed by atoms with Gasteiger partial charge in [-0.1, -0.05) is 42.1 Å². The van der Waals surface area contributed by atoms with Gasteiger partial charge < -0.3 is 9.32 Å². The van der Waals surface area contributed by atoms with Crippen LogP contribution in [0, 0.1) is 0 Å². The molecule has 1 aliphatic carbocycles. The van der Waals surface area contributed by atoms with Crippen LogP contribution in [0.2, 0.25) is 0 Å². The van der Waals surface area contributed by atoms with Crippen LogP contribution in [0.3, 0.4) is 0 Å². The minimum Gasteiger partial charge on any atom is -0.469 e. The van der Waals surface area contributed by atoms with Crippen molar-refractivity contribution in [1.82, 2.24) is 4.90 Å². The van der Waals surface area contributed by atoms with Crippen molar-refractivity contribution in [2.75, 3.05) is 11.9 Å². The summed E-state index contributed by atoms with van der Waals surface area (Å²) in [6, 6.07) is 2.21. The smallest absolute Gasteiger partial charge is 0.257 e. The summed E-state index contributed by atoms with van der Waals surface area (Å²) in [4.78, 5) is 14.8. The molecule has 0 spiro atoms. The molecule has 106 valence electrons. The third-order valence-corrected chi connectivity index (χ3v) is 4.25. The van der Waals surface area contributed by atoms with Crippen molar-refractivity contribution < 1.29 is 9.21 Å². The molecule has 1 fully saturated rings. The number of amides is 1. The van der Waals surface area contributed by atoms with Gasteiger partial charge in [0.15, 0.2) is 0 Å². The van der Waals surface area contributed by atoms with E-state index in [4.69, 9.17) is 4.42 Å². The molecular weight excluding hydrogens is 306 g/mol. The van der Waals surface area contributed by atoms with Crippen LogP contribution >= 0.6 is 15.9 Å². The summed E-state index contributed by atoms with van der Waals surface area (Å²) in [5.41, 5.74) is 0.744. The molecular formula is C15H22BrNO2. The first-order valence-corrected chi connectivity index (χ1v) is 8.33. The van der Waals surface area contributed by atoms with Gasteiger partial charge in [0, 0.05) is 24.3 Å². The van der Waals surface area contributed by atoms with Gasteiger partial charge in [-0.3, -0.25) is 4.79 Å². The summed E-state index contributed by atoms with van der Waals surface area (Å²) in [6.45, 7) is 2.79. The summed E-state index contributed by atoms with van der Waals surface area (Å²) < 4.78 is 5.39. The maximum absolute atomic E-state index is 12.7. The minimum atomic E-state index is 0.136. The quantitative estimate of drug-likeness (QED) is 0.765. The SMILES string of the molecule is CCc1occc1C(=O)N(CCBr)C1CCCCC1. The van der Waals surface area contributed by atoms with Crippen LogP contribution in [0.25, 0.3) is 0 Å². The van der Waals surface area contributed by atoms with Gasteiger partial charge in [-0.15, -0.1) is 0 Å². The van der Waals surface area contributed by atoms with Crippen molar-refractivity contribution in [2.24, 2.45) is 0 Å². The molecule has 0 bridgehead atoms. The largest absolute Gasteiger partial charge is 0.469 e. The lowest BCUT2D eigenvalue weighted by Gasteiger charge is -2.34. The Labute approximate surface area is 123 Å². The number of halogens is 1. The van der Waals surface area contributed by atoms with Gasteiger partial charge in [-0.25, -0.2) is 0 Å². The maximum atomic E-state index is 12.7. The molecule has 0 aliphatic heterocycles. The van der Waals surface area contributed by atoms with Gasteiger partial charge in [0.1, 0.15) is 5.76 Å². The fourth-order valence-electron chi connectivity index (χ4n) is 2.89. The Morgan fingerprint density at radius 3 is 2.79 bits per heavy atom. The lowest BCUT2D eigenvalue weighted by atomic mass is 9.93. The second kappa shape index (κ2) is 7.13. The molecule has 1 aromatic rings. The fraction of sp³-hybridized carbons (Fsp3) is 0.667. The third-order valence-electron chi connectivity index (χ3n) is 3.90. The van der Waals surface area contributed by atoms with Crippen molar-refractivity contribution in [2.45, 2.75) is 51.5 Å². The number of aryl methyl sites for hydroxylation is 1. The summed E-state index contributed by atoms with van der Waals surface area (Å²) in [5.74, 6) is 0.942. The first-order chi connectivity index (χ1) is 9.27. The number of carbonyl (C=O) groups is 1. The van der Waals surface area contributed by atoms with E-state index in [9.17, 15) is 4.79 Å². The van der Waals surface area contributed by atoms with Crippen molar-refractivity contribution in [3.8, 4) is 0 Å². The number of nitrogens with zero attached hydrogens (tertiary/aromatic N) is 1. The Kier molecular flexibility index (Phi) is 5.49. The monoisotopic (exact) mass is 327 g/mol. The van der Waals surface area contributed by atoms with E-state index in [2.05, 4.69) is 15.9 Å². The van der Waals surface area contributed by atoms with Gasteiger partial charge in [-0.2, -0.15) is 0 Å². The molecule has 0 atom stereocenters. The van der Waals surface area contributed by atoms with E-state index in [0.717, 1.165) is 42.5 Å². The number of hydrogen-bond donors (Lipinski definition) is 0. The highest BCUT2D eigenvalue weighted by Gasteiger charge is 2.27. The maximum Gasteiger partial charge on any atom is 0.257 e. The molecule has 0 unspecified atom stereocenters. The van der Waals surface area contributed by atoms with Crippen LogP contribution in [-0.4, -0.2) is 28.7 Å². The van der Waals surface area contributed by atoms with Crippen molar-refractivity contribution in [3.05, 3.63) is 23.7 Å². The Hall–Kier alpha value is -0.770. The van der Waals surface area contributed by atoms with Crippen LogP contribution in [0.15, 0.2) is 16.7 Å². The number of hydrogen-bond acceptors (Lipinski definition) is 2. The number of furan rings is 1. The summed E-state index contributed by atoms with van der Waals surface area (Å²) in [5, 5.41) is 0.828. The van der Waals surface area contributed by atoms with Gasteiger partial charge in [0.2, 0.25) is 0 Å². The molecule has 0 N–H and O–H groups in total. The van der Waals surface area contributed by atoms with Gasteiger partial charge in [0.25, 0.3) is 5.91 Å². The Balaban J connectivity index is 2.15. The van der Waals surface area contributed by atoms with E-state index < -0.39 is 0 Å². The van der Waals surface area contributed by atoms with Gasteiger partial charge in [0.05, 0.1) is 11.8 Å². The predicted molar refractivity (Wildman–Crippen MR) is 79.8 cm³/mol. The van der Waals surface area contributed by atoms with Crippen molar-refractivity contribution in [1.29, 1.82) is 0 Å². The number of alkyl halides is 1. The summed E-state index contributed by atoms with van der Waals surface area (Å²) in [7, 11) is 0. The molecule has 4 heteroatoms. The Morgan fingerprint density at radius 2 is 2.16 bits per heavy atom. The second-order valence-electron chi connectivity index (χ2n) is 5.09. The van der Waals surface area contributed by atoms with Gasteiger partial charge >= 0.3 is 0 Å². The van der Waals surface area contributed by atoms with Crippen molar-refractivity contribution >= 4 is 21.8 Å². The molecule has 0 saturated heterocycles.